The number of aryl methyl sites for hydroxylation is 1. The second kappa shape index (κ2) is 6.73. The molecule has 3 heteroatoms. The van der Waals surface area contributed by atoms with Crippen LogP contribution in [0.15, 0.2) is 53.0 Å². The van der Waals surface area contributed by atoms with Crippen molar-refractivity contribution < 1.29 is 5.11 Å². The highest BCUT2D eigenvalue weighted by atomic mass is 79.9. The summed E-state index contributed by atoms with van der Waals surface area (Å²) in [6.45, 7) is 0.612. The Bertz CT molecular complexity index is 599. The van der Waals surface area contributed by atoms with Crippen molar-refractivity contribution in [3.8, 4) is 0 Å². The van der Waals surface area contributed by atoms with Crippen LogP contribution >= 0.6 is 15.9 Å². The van der Waals surface area contributed by atoms with E-state index in [4.69, 9.17) is 0 Å². The fourth-order valence-corrected chi connectivity index (χ4v) is 3.38. The van der Waals surface area contributed by atoms with Gasteiger partial charge in [-0.15, -0.1) is 0 Å². The smallest absolute Gasteiger partial charge is 0.0914 e. The van der Waals surface area contributed by atoms with E-state index in [0.29, 0.717) is 12.6 Å². The van der Waals surface area contributed by atoms with Crippen molar-refractivity contribution in [3.05, 3.63) is 69.7 Å². The van der Waals surface area contributed by atoms with E-state index in [1.807, 2.05) is 30.3 Å². The van der Waals surface area contributed by atoms with Gasteiger partial charge in [0, 0.05) is 17.1 Å². The molecule has 2 unspecified atom stereocenters. The van der Waals surface area contributed by atoms with Gasteiger partial charge in [0.05, 0.1) is 6.10 Å². The molecule has 3 rings (SSSR count). The topological polar surface area (TPSA) is 32.3 Å². The molecule has 2 N–H and O–H groups in total. The number of hydrogen-bond acceptors (Lipinski definition) is 2. The van der Waals surface area contributed by atoms with Gasteiger partial charge in [0.25, 0.3) is 0 Å². The zero-order chi connectivity index (χ0) is 14.7. The quantitative estimate of drug-likeness (QED) is 0.886. The highest BCUT2D eigenvalue weighted by Crippen LogP contribution is 2.25. The number of nitrogens with one attached hydrogen (secondary N) is 1. The molecule has 0 spiro atoms. The summed E-state index contributed by atoms with van der Waals surface area (Å²) in [5.41, 5.74) is 3.85. The molecule has 110 valence electrons. The van der Waals surface area contributed by atoms with Crippen LogP contribution in [0.4, 0.5) is 0 Å². The zero-order valence-electron chi connectivity index (χ0n) is 11.9. The van der Waals surface area contributed by atoms with Gasteiger partial charge < -0.3 is 10.4 Å². The number of hydrogen-bond donors (Lipinski definition) is 2. The van der Waals surface area contributed by atoms with Crippen LogP contribution in [0.1, 0.15) is 29.2 Å². The molecule has 1 aliphatic rings. The average molecular weight is 346 g/mol. The summed E-state index contributed by atoms with van der Waals surface area (Å²) in [5.74, 6) is 0. The summed E-state index contributed by atoms with van der Waals surface area (Å²) >= 11 is 3.53. The molecule has 0 heterocycles. The molecule has 2 nitrogen and oxygen atoms in total. The third kappa shape index (κ3) is 3.73. The first-order valence-corrected chi connectivity index (χ1v) is 8.25. The molecule has 21 heavy (non-hydrogen) atoms. The Kier molecular flexibility index (Phi) is 4.73. The van der Waals surface area contributed by atoms with E-state index in [1.165, 1.54) is 11.1 Å². The lowest BCUT2D eigenvalue weighted by Crippen LogP contribution is -2.37. The molecule has 0 saturated carbocycles. The number of aliphatic hydroxyl groups excluding tert-OH is 1. The molecule has 2 aromatic carbocycles. The van der Waals surface area contributed by atoms with Crippen LogP contribution in [0, 0.1) is 0 Å². The van der Waals surface area contributed by atoms with Gasteiger partial charge >= 0.3 is 0 Å². The Morgan fingerprint density at radius 1 is 1.14 bits per heavy atom. The Morgan fingerprint density at radius 2 is 1.95 bits per heavy atom. The van der Waals surface area contributed by atoms with Crippen molar-refractivity contribution in [1.82, 2.24) is 5.32 Å². The van der Waals surface area contributed by atoms with Crippen molar-refractivity contribution in [1.29, 1.82) is 0 Å². The summed E-state index contributed by atoms with van der Waals surface area (Å²) in [6, 6.07) is 16.9. The SMILES string of the molecule is OC(CNC1CCc2cc(Br)ccc2C1)c1ccccc1. The zero-order valence-corrected chi connectivity index (χ0v) is 13.5. The first-order chi connectivity index (χ1) is 10.2. The standard InChI is InChI=1S/C18H20BrNO/c19-16-8-6-15-11-17(9-7-14(15)10-16)20-12-18(21)13-4-2-1-3-5-13/h1-6,8,10,17-18,20-21H,7,9,11-12H2. The molecule has 0 fully saturated rings. The summed E-state index contributed by atoms with van der Waals surface area (Å²) in [6.07, 6.45) is 2.85. The largest absolute Gasteiger partial charge is 0.387 e. The van der Waals surface area contributed by atoms with Gasteiger partial charge in [0.2, 0.25) is 0 Å². The number of halogens is 1. The van der Waals surface area contributed by atoms with Crippen molar-refractivity contribution >= 4 is 15.9 Å². The minimum atomic E-state index is -0.433. The lowest BCUT2D eigenvalue weighted by molar-refractivity contribution is 0.168. The van der Waals surface area contributed by atoms with Crippen LogP contribution < -0.4 is 5.32 Å². The first-order valence-electron chi connectivity index (χ1n) is 7.46. The van der Waals surface area contributed by atoms with E-state index in [0.717, 1.165) is 29.3 Å². The fraction of sp³-hybridized carbons (Fsp3) is 0.333. The molecular formula is C18H20BrNO. The lowest BCUT2D eigenvalue weighted by atomic mass is 9.88. The maximum atomic E-state index is 10.2. The fourth-order valence-electron chi connectivity index (χ4n) is 2.97. The molecule has 0 radical (unpaired) electrons. The van der Waals surface area contributed by atoms with Crippen molar-refractivity contribution in [2.45, 2.75) is 31.4 Å². The highest BCUT2D eigenvalue weighted by molar-refractivity contribution is 9.10. The van der Waals surface area contributed by atoms with Crippen LogP contribution in [-0.2, 0) is 12.8 Å². The summed E-state index contributed by atoms with van der Waals surface area (Å²) in [5, 5.41) is 13.7. The minimum Gasteiger partial charge on any atom is -0.387 e. The van der Waals surface area contributed by atoms with Crippen molar-refractivity contribution in [3.63, 3.8) is 0 Å². The molecule has 0 saturated heterocycles. The van der Waals surface area contributed by atoms with Crippen LogP contribution in [0.25, 0.3) is 0 Å². The number of aliphatic hydroxyl groups is 1. The van der Waals surface area contributed by atoms with E-state index in [2.05, 4.69) is 39.4 Å². The van der Waals surface area contributed by atoms with Crippen molar-refractivity contribution in [2.75, 3.05) is 6.54 Å². The molecule has 0 aromatic heterocycles. The second-order valence-electron chi connectivity index (χ2n) is 5.69. The predicted molar refractivity (Wildman–Crippen MR) is 89.4 cm³/mol. The Hall–Kier alpha value is -1.16. The molecule has 0 aliphatic heterocycles. The maximum absolute atomic E-state index is 10.2. The Labute approximate surface area is 134 Å². The van der Waals surface area contributed by atoms with Gasteiger partial charge in [-0.2, -0.15) is 0 Å². The minimum absolute atomic E-state index is 0.433. The van der Waals surface area contributed by atoms with Gasteiger partial charge in [0.1, 0.15) is 0 Å². The van der Waals surface area contributed by atoms with E-state index in [9.17, 15) is 5.11 Å². The van der Waals surface area contributed by atoms with Gasteiger partial charge in [-0.05, 0) is 48.1 Å². The molecule has 2 atom stereocenters. The second-order valence-corrected chi connectivity index (χ2v) is 6.60. The summed E-state index contributed by atoms with van der Waals surface area (Å²) in [4.78, 5) is 0. The highest BCUT2D eigenvalue weighted by Gasteiger charge is 2.19. The van der Waals surface area contributed by atoms with E-state index >= 15 is 0 Å². The molecular weight excluding hydrogens is 326 g/mol. The summed E-state index contributed by atoms with van der Waals surface area (Å²) in [7, 11) is 0. The number of rotatable bonds is 4. The predicted octanol–water partition coefficient (Wildman–Crippen LogP) is 3.63. The summed E-state index contributed by atoms with van der Waals surface area (Å²) < 4.78 is 1.16. The monoisotopic (exact) mass is 345 g/mol. The average Bonchev–Trinajstić information content (AvgIpc) is 2.53. The Morgan fingerprint density at radius 3 is 2.76 bits per heavy atom. The third-order valence-corrected chi connectivity index (χ3v) is 4.67. The molecule has 1 aliphatic carbocycles. The molecule has 0 bridgehead atoms. The van der Waals surface area contributed by atoms with Gasteiger partial charge in [-0.1, -0.05) is 52.3 Å². The van der Waals surface area contributed by atoms with Gasteiger partial charge in [-0.3, -0.25) is 0 Å². The van der Waals surface area contributed by atoms with E-state index in [1.54, 1.807) is 0 Å². The third-order valence-electron chi connectivity index (χ3n) is 4.18. The molecule has 2 aromatic rings. The van der Waals surface area contributed by atoms with Crippen LogP contribution in [-0.4, -0.2) is 17.7 Å². The number of fused-ring (bicyclic) bond motifs is 1. The normalized spacial score (nSPS) is 19.0. The van der Waals surface area contributed by atoms with Crippen LogP contribution in [0.5, 0.6) is 0 Å². The Balaban J connectivity index is 1.57. The van der Waals surface area contributed by atoms with E-state index in [-0.39, 0.29) is 0 Å². The van der Waals surface area contributed by atoms with E-state index < -0.39 is 6.10 Å². The van der Waals surface area contributed by atoms with Gasteiger partial charge in [-0.25, -0.2) is 0 Å². The van der Waals surface area contributed by atoms with Gasteiger partial charge in [0.15, 0.2) is 0 Å². The lowest BCUT2D eigenvalue weighted by Gasteiger charge is -2.27. The molecule has 0 amide bonds. The van der Waals surface area contributed by atoms with Crippen LogP contribution in [0.2, 0.25) is 0 Å². The maximum Gasteiger partial charge on any atom is 0.0914 e. The van der Waals surface area contributed by atoms with Crippen molar-refractivity contribution in [2.24, 2.45) is 0 Å². The first kappa shape index (κ1) is 14.8. The van der Waals surface area contributed by atoms with Crippen LogP contribution in [0.3, 0.4) is 0 Å². The number of benzene rings is 2.